The molecule has 4 nitrogen and oxygen atoms in total. The van der Waals surface area contributed by atoms with Gasteiger partial charge >= 0.3 is 0 Å². The third kappa shape index (κ3) is 3.96. The second-order valence-corrected chi connectivity index (χ2v) is 7.50. The minimum Gasteiger partial charge on any atom is -0.336 e. The van der Waals surface area contributed by atoms with Gasteiger partial charge in [-0.1, -0.05) is 54.6 Å². The van der Waals surface area contributed by atoms with Gasteiger partial charge in [0.1, 0.15) is 11.9 Å². The summed E-state index contributed by atoms with van der Waals surface area (Å²) in [4.78, 5) is 28.2. The molecule has 5 heteroatoms. The molecule has 1 aliphatic rings. The van der Waals surface area contributed by atoms with Crippen LogP contribution in [0.1, 0.15) is 39.5 Å². The predicted octanol–water partition coefficient (Wildman–Crippen LogP) is 4.58. The molecular weight excluding hydrogens is 379 g/mol. The molecule has 0 radical (unpaired) electrons. The molecule has 0 aliphatic carbocycles. The van der Waals surface area contributed by atoms with Gasteiger partial charge < -0.3 is 10.2 Å². The molecule has 3 aromatic carbocycles. The third-order valence-corrected chi connectivity index (χ3v) is 5.47. The first-order valence-corrected chi connectivity index (χ1v) is 10.1. The summed E-state index contributed by atoms with van der Waals surface area (Å²) in [7, 11) is 0. The molecule has 0 spiro atoms. The molecule has 0 bridgehead atoms. The summed E-state index contributed by atoms with van der Waals surface area (Å²) in [6.07, 6.45) is 1.78. The summed E-state index contributed by atoms with van der Waals surface area (Å²) in [5.41, 5.74) is 3.34. The van der Waals surface area contributed by atoms with Crippen LogP contribution in [-0.4, -0.2) is 18.4 Å². The fourth-order valence-corrected chi connectivity index (χ4v) is 3.80. The number of hydrogen-bond acceptors (Lipinski definition) is 2. The average molecular weight is 402 g/mol. The predicted molar refractivity (Wildman–Crippen MR) is 115 cm³/mol. The first-order valence-electron chi connectivity index (χ1n) is 10.1. The minimum absolute atomic E-state index is 0.186. The summed E-state index contributed by atoms with van der Waals surface area (Å²) >= 11 is 0. The van der Waals surface area contributed by atoms with Crippen LogP contribution in [-0.2, 0) is 11.2 Å². The minimum atomic E-state index is -0.866. The molecule has 152 valence electrons. The number of aryl methyl sites for hydroxylation is 2. The number of benzene rings is 3. The quantitative estimate of drug-likeness (QED) is 0.694. The van der Waals surface area contributed by atoms with E-state index in [-0.39, 0.29) is 11.5 Å². The van der Waals surface area contributed by atoms with Crippen LogP contribution in [0, 0.1) is 12.7 Å². The van der Waals surface area contributed by atoms with Gasteiger partial charge in [0.2, 0.25) is 0 Å². The summed E-state index contributed by atoms with van der Waals surface area (Å²) in [5.74, 6) is -1.13. The van der Waals surface area contributed by atoms with Gasteiger partial charge in [0.15, 0.2) is 0 Å². The Morgan fingerprint density at radius 3 is 2.50 bits per heavy atom. The van der Waals surface area contributed by atoms with Crippen LogP contribution in [0.25, 0.3) is 0 Å². The van der Waals surface area contributed by atoms with Gasteiger partial charge in [0.05, 0.1) is 0 Å². The lowest BCUT2D eigenvalue weighted by Gasteiger charge is -2.32. The molecule has 1 heterocycles. The van der Waals surface area contributed by atoms with E-state index in [2.05, 4.69) is 5.32 Å². The Morgan fingerprint density at radius 2 is 1.73 bits per heavy atom. The van der Waals surface area contributed by atoms with Crippen LogP contribution in [0.4, 0.5) is 10.1 Å². The van der Waals surface area contributed by atoms with E-state index >= 15 is 0 Å². The van der Waals surface area contributed by atoms with Crippen molar-refractivity contribution in [2.45, 2.75) is 25.8 Å². The number of carbonyl (C=O) groups excluding carboxylic acids is 2. The zero-order valence-electron chi connectivity index (χ0n) is 16.8. The van der Waals surface area contributed by atoms with E-state index in [4.69, 9.17) is 0 Å². The summed E-state index contributed by atoms with van der Waals surface area (Å²) in [5, 5.41) is 2.83. The van der Waals surface area contributed by atoms with Crippen molar-refractivity contribution >= 4 is 17.5 Å². The third-order valence-electron chi connectivity index (χ3n) is 5.47. The number of nitrogens with one attached hydrogen (secondary N) is 1. The van der Waals surface area contributed by atoms with Gasteiger partial charge in [0.25, 0.3) is 11.8 Å². The monoisotopic (exact) mass is 402 g/mol. The first kappa shape index (κ1) is 19.8. The second kappa shape index (κ2) is 8.49. The second-order valence-electron chi connectivity index (χ2n) is 7.50. The van der Waals surface area contributed by atoms with Crippen molar-refractivity contribution in [3.63, 3.8) is 0 Å². The smallest absolute Gasteiger partial charge is 0.254 e. The Morgan fingerprint density at radius 1 is 1.00 bits per heavy atom. The van der Waals surface area contributed by atoms with Crippen LogP contribution in [0.5, 0.6) is 0 Å². The zero-order chi connectivity index (χ0) is 21.1. The van der Waals surface area contributed by atoms with Crippen molar-refractivity contribution in [1.29, 1.82) is 0 Å². The standard InChI is InChI=1S/C25H23FN2O2/c1-17-13-14-20(16-21(17)26)24(29)27-23(19-9-3-2-4-10-19)25(30)28-15-7-11-18-8-5-6-12-22(18)28/h2-6,8-10,12-14,16,23H,7,11,15H2,1H3,(H,27,29)/t23-/m0/s1. The molecule has 3 aromatic rings. The number of anilines is 1. The van der Waals surface area contributed by atoms with E-state index in [0.29, 0.717) is 17.7 Å². The molecule has 0 unspecified atom stereocenters. The van der Waals surface area contributed by atoms with Crippen molar-refractivity contribution in [3.8, 4) is 0 Å². The molecule has 0 fully saturated rings. The molecule has 1 N–H and O–H groups in total. The van der Waals surface area contributed by atoms with Crippen molar-refractivity contribution in [1.82, 2.24) is 5.32 Å². The van der Waals surface area contributed by atoms with Crippen LogP contribution in [0.3, 0.4) is 0 Å². The molecule has 1 atom stereocenters. The van der Waals surface area contributed by atoms with Crippen molar-refractivity contribution in [2.75, 3.05) is 11.4 Å². The van der Waals surface area contributed by atoms with Gasteiger partial charge in [-0.25, -0.2) is 4.39 Å². The van der Waals surface area contributed by atoms with E-state index in [1.165, 1.54) is 6.07 Å². The normalized spacial score (nSPS) is 14.0. The molecule has 4 rings (SSSR count). The number of para-hydroxylation sites is 1. The maximum atomic E-state index is 14.0. The summed E-state index contributed by atoms with van der Waals surface area (Å²) in [6, 6.07) is 20.5. The molecule has 0 saturated heterocycles. The molecule has 2 amide bonds. The van der Waals surface area contributed by atoms with E-state index in [0.717, 1.165) is 24.1 Å². The number of rotatable bonds is 4. The maximum Gasteiger partial charge on any atom is 0.254 e. The topological polar surface area (TPSA) is 49.4 Å². The SMILES string of the molecule is Cc1ccc(C(=O)N[C@H](C(=O)N2CCCc3ccccc32)c2ccccc2)cc1F. The Labute approximate surface area is 175 Å². The van der Waals surface area contributed by atoms with Gasteiger partial charge in [-0.05, 0) is 54.7 Å². The fourth-order valence-electron chi connectivity index (χ4n) is 3.80. The lowest BCUT2D eigenvalue weighted by atomic mass is 9.99. The molecule has 0 aromatic heterocycles. The lowest BCUT2D eigenvalue weighted by Crippen LogP contribution is -2.45. The van der Waals surface area contributed by atoms with Crippen molar-refractivity contribution in [3.05, 3.63) is 101 Å². The highest BCUT2D eigenvalue weighted by Gasteiger charge is 2.31. The molecule has 0 saturated carbocycles. The number of carbonyl (C=O) groups is 2. The van der Waals surface area contributed by atoms with E-state index < -0.39 is 17.8 Å². The molecule has 30 heavy (non-hydrogen) atoms. The zero-order valence-corrected chi connectivity index (χ0v) is 16.8. The van der Waals surface area contributed by atoms with Crippen molar-refractivity contribution < 1.29 is 14.0 Å². The van der Waals surface area contributed by atoms with Gasteiger partial charge in [-0.3, -0.25) is 9.59 Å². The van der Waals surface area contributed by atoms with E-state index in [1.807, 2.05) is 54.6 Å². The number of halogens is 1. The maximum absolute atomic E-state index is 14.0. The summed E-state index contributed by atoms with van der Waals surface area (Å²) in [6.45, 7) is 2.23. The highest BCUT2D eigenvalue weighted by molar-refractivity contribution is 6.03. The van der Waals surface area contributed by atoms with Crippen LogP contribution < -0.4 is 10.2 Å². The highest BCUT2D eigenvalue weighted by atomic mass is 19.1. The Kier molecular flexibility index (Phi) is 5.61. The van der Waals surface area contributed by atoms with Crippen LogP contribution in [0.15, 0.2) is 72.8 Å². The fraction of sp³-hybridized carbons (Fsp3) is 0.200. The molecular formula is C25H23FN2O2. The number of amides is 2. The Hall–Kier alpha value is -3.47. The number of fused-ring (bicyclic) bond motifs is 1. The summed E-state index contributed by atoms with van der Waals surface area (Å²) < 4.78 is 14.0. The number of nitrogens with zero attached hydrogens (tertiary/aromatic N) is 1. The Balaban J connectivity index is 1.66. The largest absolute Gasteiger partial charge is 0.336 e. The van der Waals surface area contributed by atoms with E-state index in [1.54, 1.807) is 24.0 Å². The van der Waals surface area contributed by atoms with Gasteiger partial charge in [0, 0.05) is 17.8 Å². The lowest BCUT2D eigenvalue weighted by molar-refractivity contribution is -0.120. The Bertz CT molecular complexity index is 1080. The van der Waals surface area contributed by atoms with Gasteiger partial charge in [-0.2, -0.15) is 0 Å². The van der Waals surface area contributed by atoms with Crippen molar-refractivity contribution in [2.24, 2.45) is 0 Å². The average Bonchev–Trinajstić information content (AvgIpc) is 2.79. The van der Waals surface area contributed by atoms with Crippen LogP contribution in [0.2, 0.25) is 0 Å². The van der Waals surface area contributed by atoms with Gasteiger partial charge in [-0.15, -0.1) is 0 Å². The first-order chi connectivity index (χ1) is 14.5. The number of hydrogen-bond donors (Lipinski definition) is 1. The molecule has 1 aliphatic heterocycles. The van der Waals surface area contributed by atoms with Crippen LogP contribution >= 0.6 is 0 Å². The van der Waals surface area contributed by atoms with E-state index in [9.17, 15) is 14.0 Å². The highest BCUT2D eigenvalue weighted by Crippen LogP contribution is 2.29.